The molecule has 1 saturated carbocycles. The van der Waals surface area contributed by atoms with Gasteiger partial charge in [-0.15, -0.1) is 10.2 Å². The van der Waals surface area contributed by atoms with Crippen LogP contribution in [0.2, 0.25) is 0 Å². The molecule has 1 fully saturated rings. The number of carbonyl (C=O) groups is 1. The van der Waals surface area contributed by atoms with E-state index in [1.54, 1.807) is 6.07 Å². The van der Waals surface area contributed by atoms with Crippen molar-refractivity contribution in [2.75, 3.05) is 11.4 Å². The van der Waals surface area contributed by atoms with E-state index in [2.05, 4.69) is 24.5 Å². The van der Waals surface area contributed by atoms with Gasteiger partial charge >= 0.3 is 0 Å². The van der Waals surface area contributed by atoms with E-state index < -0.39 is 5.91 Å². The summed E-state index contributed by atoms with van der Waals surface area (Å²) in [4.78, 5) is 17.5. The van der Waals surface area contributed by atoms with Crippen LogP contribution in [0.1, 0.15) is 34.8 Å². The molecule has 0 unspecified atom stereocenters. The molecule has 2 aromatic carbocycles. The zero-order valence-electron chi connectivity index (χ0n) is 15.4. The molecule has 138 valence electrons. The van der Waals surface area contributed by atoms with Crippen LogP contribution in [0.5, 0.6) is 0 Å². The molecule has 1 aliphatic carbocycles. The minimum Gasteiger partial charge on any atom is -0.366 e. The molecule has 3 aromatic rings. The minimum absolute atomic E-state index is 0.0639. The second kappa shape index (κ2) is 5.67. The number of carbonyl (C=O) groups excluding carboxylic acids is 1. The number of hydrogen-bond acceptors (Lipinski definition) is 4. The molecule has 1 aliphatic heterocycles. The van der Waals surface area contributed by atoms with E-state index >= 15 is 0 Å². The van der Waals surface area contributed by atoms with E-state index in [9.17, 15) is 4.79 Å². The molecule has 2 N–H and O–H groups in total. The van der Waals surface area contributed by atoms with Crippen LogP contribution >= 0.6 is 0 Å². The Morgan fingerprint density at radius 2 is 1.89 bits per heavy atom. The van der Waals surface area contributed by atoms with Gasteiger partial charge in [0.2, 0.25) is 5.91 Å². The third kappa shape index (κ3) is 2.31. The average molecular weight is 370 g/mol. The summed E-state index contributed by atoms with van der Waals surface area (Å²) in [7, 11) is 0. The highest BCUT2D eigenvalue weighted by Gasteiger charge is 2.52. The maximum Gasteiger partial charge on any atom is 0.248 e. The van der Waals surface area contributed by atoms with Crippen LogP contribution in [0.3, 0.4) is 0 Å². The summed E-state index contributed by atoms with van der Waals surface area (Å²) in [5.74, 6) is 1.33. The monoisotopic (exact) mass is 370 g/mol. The van der Waals surface area contributed by atoms with E-state index in [1.165, 1.54) is 0 Å². The van der Waals surface area contributed by atoms with E-state index in [0.29, 0.717) is 11.3 Å². The predicted octanol–water partition coefficient (Wildman–Crippen LogP) is 3.41. The number of aromatic nitrogens is 3. The van der Waals surface area contributed by atoms with Crippen molar-refractivity contribution in [1.82, 2.24) is 14.8 Å². The first-order valence-electron chi connectivity index (χ1n) is 9.14. The second-order valence-corrected chi connectivity index (χ2v) is 7.47. The van der Waals surface area contributed by atoms with Crippen molar-refractivity contribution in [3.63, 3.8) is 0 Å². The number of anilines is 2. The number of amides is 1. The normalized spacial score (nSPS) is 16.1. The van der Waals surface area contributed by atoms with Crippen molar-refractivity contribution >= 4 is 23.0 Å². The average Bonchev–Trinajstić information content (AvgIpc) is 3.41. The maximum atomic E-state index is 11.8. The number of benzene rings is 2. The van der Waals surface area contributed by atoms with Crippen LogP contribution in [0.15, 0.2) is 42.5 Å². The third-order valence-corrected chi connectivity index (χ3v) is 5.70. The Hall–Kier alpha value is -3.66. The van der Waals surface area contributed by atoms with Gasteiger partial charge in [0.1, 0.15) is 11.6 Å². The van der Waals surface area contributed by atoms with Crippen LogP contribution in [0.4, 0.5) is 17.1 Å². The summed E-state index contributed by atoms with van der Waals surface area (Å²) in [6, 6.07) is 13.0. The SMILES string of the molecule is [C-]#[N+]c1ccc(N2CC3(CC3)c3nnc(C)n3-c3ccc(C(N)=O)cc32)cc1. The first-order chi connectivity index (χ1) is 13.5. The summed E-state index contributed by atoms with van der Waals surface area (Å²) >= 11 is 0. The predicted molar refractivity (Wildman–Crippen MR) is 105 cm³/mol. The molecule has 7 heteroatoms. The highest BCUT2D eigenvalue weighted by molar-refractivity contribution is 5.95. The van der Waals surface area contributed by atoms with E-state index in [1.807, 2.05) is 43.3 Å². The molecule has 7 nitrogen and oxygen atoms in total. The molecule has 28 heavy (non-hydrogen) atoms. The Balaban J connectivity index is 1.76. The highest BCUT2D eigenvalue weighted by Crippen LogP contribution is 2.53. The summed E-state index contributed by atoms with van der Waals surface area (Å²) in [5, 5.41) is 8.82. The van der Waals surface area contributed by atoms with E-state index in [-0.39, 0.29) is 5.41 Å². The first kappa shape index (κ1) is 16.5. The fourth-order valence-corrected chi connectivity index (χ4v) is 4.00. The van der Waals surface area contributed by atoms with Crippen molar-refractivity contribution in [3.05, 3.63) is 71.1 Å². The van der Waals surface area contributed by atoms with Crippen molar-refractivity contribution in [2.45, 2.75) is 25.2 Å². The van der Waals surface area contributed by atoms with Gasteiger partial charge in [0, 0.05) is 23.2 Å². The summed E-state index contributed by atoms with van der Waals surface area (Å²) in [6.45, 7) is 9.87. The molecule has 5 rings (SSSR count). The summed E-state index contributed by atoms with van der Waals surface area (Å²) in [5.41, 5.74) is 9.34. The molecule has 0 atom stereocenters. The maximum absolute atomic E-state index is 11.8. The second-order valence-electron chi connectivity index (χ2n) is 7.47. The quantitative estimate of drug-likeness (QED) is 0.701. The lowest BCUT2D eigenvalue weighted by atomic mass is 10.1. The lowest BCUT2D eigenvalue weighted by molar-refractivity contribution is 0.100. The molecular weight excluding hydrogens is 352 g/mol. The largest absolute Gasteiger partial charge is 0.366 e. The number of fused-ring (bicyclic) bond motifs is 4. The first-order valence-corrected chi connectivity index (χ1v) is 9.14. The van der Waals surface area contributed by atoms with Crippen molar-refractivity contribution < 1.29 is 4.79 Å². The smallest absolute Gasteiger partial charge is 0.248 e. The fraction of sp³-hybridized carbons (Fsp3) is 0.238. The Kier molecular flexibility index (Phi) is 3.34. The molecule has 2 aliphatic rings. The van der Waals surface area contributed by atoms with Gasteiger partial charge in [-0.05, 0) is 50.1 Å². The van der Waals surface area contributed by atoms with Crippen molar-refractivity contribution in [3.8, 4) is 5.69 Å². The minimum atomic E-state index is -0.461. The summed E-state index contributed by atoms with van der Waals surface area (Å²) in [6.07, 6.45) is 2.08. The molecule has 1 spiro atoms. The standard InChI is InChI=1S/C21H18N6O/c1-13-24-25-20-21(9-10-21)12-26(16-6-4-15(23-2)5-7-16)18-11-14(19(22)28)3-8-17(18)27(13)20/h3-8,11H,9-10,12H2,1H3,(H2,22,28). The lowest BCUT2D eigenvalue weighted by Crippen LogP contribution is -2.28. The van der Waals surface area contributed by atoms with Crippen molar-refractivity contribution in [2.24, 2.45) is 5.73 Å². The van der Waals surface area contributed by atoms with Gasteiger partial charge in [0.25, 0.3) is 0 Å². The van der Waals surface area contributed by atoms with Gasteiger partial charge in [-0.25, -0.2) is 4.85 Å². The number of nitrogens with zero attached hydrogens (tertiary/aromatic N) is 5. The van der Waals surface area contributed by atoms with Gasteiger partial charge in [-0.1, -0.05) is 12.1 Å². The molecule has 0 saturated heterocycles. The van der Waals surface area contributed by atoms with Gasteiger partial charge < -0.3 is 10.6 Å². The zero-order chi connectivity index (χ0) is 19.5. The number of nitrogens with two attached hydrogens (primary N) is 1. The summed E-state index contributed by atoms with van der Waals surface area (Å²) < 4.78 is 2.10. The van der Waals surface area contributed by atoms with Gasteiger partial charge in [-0.2, -0.15) is 0 Å². The zero-order valence-corrected chi connectivity index (χ0v) is 15.4. The van der Waals surface area contributed by atoms with Gasteiger partial charge in [-0.3, -0.25) is 9.36 Å². The van der Waals surface area contributed by atoms with Crippen molar-refractivity contribution in [1.29, 1.82) is 0 Å². The lowest BCUT2D eigenvalue weighted by Gasteiger charge is -2.28. The van der Waals surface area contributed by atoms with E-state index in [4.69, 9.17) is 12.3 Å². The molecule has 2 heterocycles. The van der Waals surface area contributed by atoms with Crippen LogP contribution in [-0.4, -0.2) is 27.2 Å². The number of hydrogen-bond donors (Lipinski definition) is 1. The molecule has 1 amide bonds. The van der Waals surface area contributed by atoms with Gasteiger partial charge in [0.05, 0.1) is 17.9 Å². The number of rotatable bonds is 2. The molecule has 0 bridgehead atoms. The topological polar surface area (TPSA) is 81.4 Å². The Morgan fingerprint density at radius 1 is 1.14 bits per heavy atom. The molecule has 0 radical (unpaired) electrons. The Morgan fingerprint density at radius 3 is 2.54 bits per heavy atom. The van der Waals surface area contributed by atoms with Crippen LogP contribution in [-0.2, 0) is 5.41 Å². The van der Waals surface area contributed by atoms with E-state index in [0.717, 1.165) is 48.1 Å². The Bertz CT molecular complexity index is 1150. The van der Waals surface area contributed by atoms with Gasteiger partial charge in [0.15, 0.2) is 5.69 Å². The van der Waals surface area contributed by atoms with Crippen LogP contribution < -0.4 is 10.6 Å². The highest BCUT2D eigenvalue weighted by atomic mass is 16.1. The Labute approximate surface area is 162 Å². The fourth-order valence-electron chi connectivity index (χ4n) is 4.00. The molecule has 1 aromatic heterocycles. The molecular formula is C21H18N6O. The van der Waals surface area contributed by atoms with Crippen LogP contribution in [0, 0.1) is 13.5 Å². The number of primary amides is 1. The third-order valence-electron chi connectivity index (χ3n) is 5.70. The van der Waals surface area contributed by atoms with Crippen LogP contribution in [0.25, 0.3) is 10.5 Å². The number of aryl methyl sites for hydroxylation is 1.